The Morgan fingerprint density at radius 1 is 1.50 bits per heavy atom. The molecule has 2 aromatic rings. The van der Waals surface area contributed by atoms with E-state index in [0.29, 0.717) is 5.88 Å². The fourth-order valence-corrected chi connectivity index (χ4v) is 1.83. The molecular weight excluding hydrogens is 202 g/mol. The molecule has 16 heavy (non-hydrogen) atoms. The van der Waals surface area contributed by atoms with E-state index in [9.17, 15) is 0 Å². The minimum absolute atomic E-state index is 0.192. The monoisotopic (exact) mass is 219 g/mol. The molecule has 0 aliphatic heterocycles. The van der Waals surface area contributed by atoms with Crippen molar-refractivity contribution in [2.24, 2.45) is 0 Å². The number of nitrogens with one attached hydrogen (secondary N) is 1. The first kappa shape index (κ1) is 10.9. The fraction of sp³-hybridized carbons (Fsp3) is 0.500. The molecule has 1 N–H and O–H groups in total. The van der Waals surface area contributed by atoms with Crippen molar-refractivity contribution >= 4 is 10.9 Å². The van der Waals surface area contributed by atoms with Crippen LogP contribution in [0.1, 0.15) is 32.4 Å². The van der Waals surface area contributed by atoms with Gasteiger partial charge in [-0.2, -0.15) is 5.10 Å². The molecule has 0 radical (unpaired) electrons. The first-order valence-electron chi connectivity index (χ1n) is 5.68. The van der Waals surface area contributed by atoms with Crippen molar-refractivity contribution < 1.29 is 4.74 Å². The van der Waals surface area contributed by atoms with Crippen LogP contribution in [0.15, 0.2) is 12.3 Å². The Kier molecular flexibility index (Phi) is 3.08. The van der Waals surface area contributed by atoms with Crippen LogP contribution in [0.3, 0.4) is 0 Å². The molecule has 0 bridgehead atoms. The summed E-state index contributed by atoms with van der Waals surface area (Å²) in [6.45, 7) is 6.17. The SMILES string of the molecule is CCC[C@@H](C)Oc1nccc2[nH]nc(C)c12. The number of hydrogen-bond acceptors (Lipinski definition) is 3. The average molecular weight is 219 g/mol. The lowest BCUT2D eigenvalue weighted by Crippen LogP contribution is -2.12. The number of H-pyrrole nitrogens is 1. The average Bonchev–Trinajstić information content (AvgIpc) is 2.62. The van der Waals surface area contributed by atoms with Crippen LogP contribution in [0.4, 0.5) is 0 Å². The third-order valence-electron chi connectivity index (χ3n) is 2.63. The molecule has 2 rings (SSSR count). The predicted octanol–water partition coefficient (Wildman–Crippen LogP) is 2.83. The van der Waals surface area contributed by atoms with Gasteiger partial charge in [0.1, 0.15) is 0 Å². The van der Waals surface area contributed by atoms with Crippen LogP contribution in [0.5, 0.6) is 5.88 Å². The van der Waals surface area contributed by atoms with Crippen molar-refractivity contribution in [3.8, 4) is 5.88 Å². The minimum Gasteiger partial charge on any atom is -0.474 e. The Balaban J connectivity index is 2.32. The maximum Gasteiger partial charge on any atom is 0.225 e. The third-order valence-corrected chi connectivity index (χ3v) is 2.63. The second-order valence-corrected chi connectivity index (χ2v) is 4.06. The quantitative estimate of drug-likeness (QED) is 0.860. The highest BCUT2D eigenvalue weighted by Crippen LogP contribution is 2.25. The molecule has 1 atom stereocenters. The zero-order valence-corrected chi connectivity index (χ0v) is 9.95. The Hall–Kier alpha value is -1.58. The van der Waals surface area contributed by atoms with Crippen molar-refractivity contribution in [2.75, 3.05) is 0 Å². The molecule has 2 heterocycles. The topological polar surface area (TPSA) is 50.8 Å². The number of rotatable bonds is 4. The Labute approximate surface area is 95.0 Å². The van der Waals surface area contributed by atoms with Gasteiger partial charge in [0.15, 0.2) is 0 Å². The number of hydrogen-bond donors (Lipinski definition) is 1. The Bertz CT molecular complexity index is 478. The normalized spacial score (nSPS) is 12.9. The van der Waals surface area contributed by atoms with Crippen LogP contribution in [0.25, 0.3) is 10.9 Å². The van der Waals surface area contributed by atoms with E-state index in [1.54, 1.807) is 6.20 Å². The summed E-state index contributed by atoms with van der Waals surface area (Å²) < 4.78 is 5.84. The third kappa shape index (κ3) is 2.01. The van der Waals surface area contributed by atoms with Gasteiger partial charge in [-0.05, 0) is 26.3 Å². The molecule has 0 saturated carbocycles. The number of fused-ring (bicyclic) bond motifs is 1. The van der Waals surface area contributed by atoms with Gasteiger partial charge in [0, 0.05) is 6.20 Å². The minimum atomic E-state index is 0.192. The zero-order valence-electron chi connectivity index (χ0n) is 9.95. The fourth-order valence-electron chi connectivity index (χ4n) is 1.83. The smallest absolute Gasteiger partial charge is 0.225 e. The Morgan fingerprint density at radius 2 is 2.31 bits per heavy atom. The van der Waals surface area contributed by atoms with E-state index < -0.39 is 0 Å². The number of aromatic nitrogens is 3. The summed E-state index contributed by atoms with van der Waals surface area (Å²) in [7, 11) is 0. The lowest BCUT2D eigenvalue weighted by Gasteiger charge is -2.13. The molecular formula is C12H17N3O. The maximum absolute atomic E-state index is 5.84. The molecule has 0 spiro atoms. The van der Waals surface area contributed by atoms with Crippen LogP contribution in [0.2, 0.25) is 0 Å². The molecule has 0 aliphatic rings. The van der Waals surface area contributed by atoms with Gasteiger partial charge in [0.25, 0.3) is 0 Å². The van der Waals surface area contributed by atoms with Crippen molar-refractivity contribution in [3.63, 3.8) is 0 Å². The summed E-state index contributed by atoms with van der Waals surface area (Å²) in [4.78, 5) is 4.28. The van der Waals surface area contributed by atoms with Crippen molar-refractivity contribution in [3.05, 3.63) is 18.0 Å². The second-order valence-electron chi connectivity index (χ2n) is 4.06. The molecule has 0 aromatic carbocycles. The van der Waals surface area contributed by atoms with E-state index in [-0.39, 0.29) is 6.10 Å². The summed E-state index contributed by atoms with van der Waals surface area (Å²) in [5, 5.41) is 8.12. The van der Waals surface area contributed by atoms with Crippen LogP contribution in [-0.4, -0.2) is 21.3 Å². The van der Waals surface area contributed by atoms with Gasteiger partial charge in [0.2, 0.25) is 5.88 Å². The van der Waals surface area contributed by atoms with Crippen molar-refractivity contribution in [1.29, 1.82) is 0 Å². The van der Waals surface area contributed by atoms with Crippen LogP contribution in [-0.2, 0) is 0 Å². The van der Waals surface area contributed by atoms with Gasteiger partial charge in [-0.25, -0.2) is 4.98 Å². The van der Waals surface area contributed by atoms with E-state index in [4.69, 9.17) is 4.74 Å². The number of ether oxygens (including phenoxy) is 1. The van der Waals surface area contributed by atoms with E-state index in [0.717, 1.165) is 29.4 Å². The second kappa shape index (κ2) is 4.51. The van der Waals surface area contributed by atoms with Crippen molar-refractivity contribution in [1.82, 2.24) is 15.2 Å². The summed E-state index contributed by atoms with van der Waals surface area (Å²) in [6, 6.07) is 1.91. The lowest BCUT2D eigenvalue weighted by molar-refractivity contribution is 0.204. The highest BCUT2D eigenvalue weighted by Gasteiger charge is 2.11. The first-order valence-corrected chi connectivity index (χ1v) is 5.68. The van der Waals surface area contributed by atoms with E-state index in [1.807, 2.05) is 13.0 Å². The number of nitrogens with zero attached hydrogens (tertiary/aromatic N) is 2. The predicted molar refractivity (Wildman–Crippen MR) is 63.6 cm³/mol. The highest BCUT2D eigenvalue weighted by molar-refractivity contribution is 5.85. The van der Waals surface area contributed by atoms with E-state index in [1.165, 1.54) is 0 Å². The molecule has 4 nitrogen and oxygen atoms in total. The standard InChI is InChI=1S/C12H17N3O/c1-4-5-8(2)16-12-11-9(3)14-15-10(11)6-7-13-12/h6-8H,4-5H2,1-3H3,(H,14,15)/t8-/m1/s1. The first-order chi connectivity index (χ1) is 7.72. The summed E-state index contributed by atoms with van der Waals surface area (Å²) >= 11 is 0. The number of aromatic amines is 1. The van der Waals surface area contributed by atoms with Crippen LogP contribution in [0, 0.1) is 6.92 Å². The summed E-state index contributed by atoms with van der Waals surface area (Å²) in [5.41, 5.74) is 1.91. The maximum atomic E-state index is 5.84. The summed E-state index contributed by atoms with van der Waals surface area (Å²) in [5.74, 6) is 0.685. The van der Waals surface area contributed by atoms with Gasteiger partial charge in [-0.3, -0.25) is 5.10 Å². The molecule has 0 unspecified atom stereocenters. The molecule has 4 heteroatoms. The number of pyridine rings is 1. The highest BCUT2D eigenvalue weighted by atomic mass is 16.5. The molecule has 0 fully saturated rings. The largest absolute Gasteiger partial charge is 0.474 e. The molecule has 0 amide bonds. The van der Waals surface area contributed by atoms with Gasteiger partial charge < -0.3 is 4.74 Å². The molecule has 86 valence electrons. The molecule has 0 saturated heterocycles. The number of aryl methyl sites for hydroxylation is 1. The molecule has 0 aliphatic carbocycles. The van der Waals surface area contributed by atoms with Gasteiger partial charge >= 0.3 is 0 Å². The van der Waals surface area contributed by atoms with E-state index in [2.05, 4.69) is 29.0 Å². The van der Waals surface area contributed by atoms with Gasteiger partial charge in [-0.15, -0.1) is 0 Å². The molecule has 2 aromatic heterocycles. The van der Waals surface area contributed by atoms with Crippen LogP contribution >= 0.6 is 0 Å². The van der Waals surface area contributed by atoms with Crippen molar-refractivity contribution in [2.45, 2.75) is 39.7 Å². The van der Waals surface area contributed by atoms with Gasteiger partial charge in [0.05, 0.1) is 22.7 Å². The Morgan fingerprint density at radius 3 is 3.06 bits per heavy atom. The van der Waals surface area contributed by atoms with E-state index >= 15 is 0 Å². The zero-order chi connectivity index (χ0) is 11.5. The lowest BCUT2D eigenvalue weighted by atomic mass is 10.2. The van der Waals surface area contributed by atoms with Gasteiger partial charge in [-0.1, -0.05) is 13.3 Å². The summed E-state index contributed by atoms with van der Waals surface area (Å²) in [6.07, 6.45) is 4.09. The van der Waals surface area contributed by atoms with Crippen LogP contribution < -0.4 is 4.74 Å².